The van der Waals surface area contributed by atoms with Crippen LogP contribution in [0, 0.1) is 0 Å². The molecule has 0 fully saturated rings. The van der Waals surface area contributed by atoms with Crippen molar-refractivity contribution < 1.29 is 24.2 Å². The van der Waals surface area contributed by atoms with E-state index in [9.17, 15) is 19.5 Å². The Morgan fingerprint density at radius 2 is 1.78 bits per heavy atom. The number of benzene rings is 1. The molecule has 0 bridgehead atoms. The molecule has 9 heteroatoms. The first-order valence-electron chi connectivity index (χ1n) is 12.1. The number of aromatic carboxylic acids is 1. The van der Waals surface area contributed by atoms with E-state index < -0.39 is 31.3 Å². The van der Waals surface area contributed by atoms with Gasteiger partial charge in [0.1, 0.15) is 12.3 Å². The van der Waals surface area contributed by atoms with Gasteiger partial charge in [-0.25, -0.2) is 14.2 Å². The van der Waals surface area contributed by atoms with Gasteiger partial charge in [-0.15, -0.1) is 0 Å². The highest BCUT2D eigenvalue weighted by atomic mass is 28.3. The second-order valence-corrected chi connectivity index (χ2v) is 16.8. The summed E-state index contributed by atoms with van der Waals surface area (Å²) in [5, 5.41) is 10.5. The topological polar surface area (TPSA) is 99.8 Å². The largest absolute Gasteiger partial charge is 0.478 e. The summed E-state index contributed by atoms with van der Waals surface area (Å²) in [5.41, 5.74) is 0.726. The fourth-order valence-corrected chi connectivity index (χ4v) is 4.52. The van der Waals surface area contributed by atoms with Crippen molar-refractivity contribution >= 4 is 31.0 Å². The maximum absolute atomic E-state index is 13.5. The summed E-state index contributed by atoms with van der Waals surface area (Å²) in [5.74, 6) is -1.18. The van der Waals surface area contributed by atoms with E-state index in [1.54, 1.807) is 26.8 Å². The number of carboxylic acids is 1. The molecular formula is C27H36N2O6Si. The molecule has 36 heavy (non-hydrogen) atoms. The zero-order chi connectivity index (χ0) is 26.8. The van der Waals surface area contributed by atoms with E-state index in [2.05, 4.69) is 19.6 Å². The van der Waals surface area contributed by atoms with Crippen molar-refractivity contribution in [2.45, 2.75) is 72.1 Å². The molecule has 0 unspecified atom stereocenters. The highest BCUT2D eigenvalue weighted by Gasteiger charge is 2.25. The summed E-state index contributed by atoms with van der Waals surface area (Å²) >= 11 is 0. The molecule has 0 amide bonds. The minimum absolute atomic E-state index is 0.0753. The van der Waals surface area contributed by atoms with Crippen LogP contribution in [-0.2, 0) is 22.6 Å². The van der Waals surface area contributed by atoms with Crippen LogP contribution in [0.5, 0.6) is 0 Å². The standard InChI is InChI=1S/C27H36N2O6Si/c1-8-18-9-10-22-19(13-18)15-23(29(22)26(33)35-27(2,3)4)21-14-20(25(31)32)16-28(24(21)30)17-34-11-12-36(5,6)7/h9-10,13-16H,8,11-12,17H2,1-7H3,(H,31,32). The SMILES string of the molecule is CCc1ccc2c(c1)cc(-c1cc(C(=O)O)cn(COCC[Si](C)(C)C)c1=O)n2C(=O)OC(C)(C)C. The van der Waals surface area contributed by atoms with Gasteiger partial charge in [0, 0.05) is 26.3 Å². The Hall–Kier alpha value is -3.17. The molecule has 1 aromatic carbocycles. The molecule has 3 aromatic rings. The van der Waals surface area contributed by atoms with Crippen molar-refractivity contribution in [3.05, 3.63) is 58.0 Å². The zero-order valence-electron chi connectivity index (χ0n) is 22.2. The predicted molar refractivity (Wildman–Crippen MR) is 144 cm³/mol. The third-order valence-electron chi connectivity index (χ3n) is 5.69. The molecule has 0 aliphatic rings. The number of hydrogen-bond acceptors (Lipinski definition) is 5. The van der Waals surface area contributed by atoms with Gasteiger partial charge in [0.2, 0.25) is 0 Å². The maximum atomic E-state index is 13.5. The van der Waals surface area contributed by atoms with Gasteiger partial charge < -0.3 is 14.6 Å². The van der Waals surface area contributed by atoms with Crippen LogP contribution in [-0.4, -0.2) is 46.6 Å². The Labute approximate surface area is 212 Å². The van der Waals surface area contributed by atoms with Crippen molar-refractivity contribution in [1.82, 2.24) is 9.13 Å². The summed E-state index contributed by atoms with van der Waals surface area (Å²) in [6.45, 7) is 14.4. The number of pyridine rings is 1. The van der Waals surface area contributed by atoms with E-state index in [0.717, 1.165) is 23.4 Å². The zero-order valence-corrected chi connectivity index (χ0v) is 23.2. The lowest BCUT2D eigenvalue weighted by Gasteiger charge is -2.21. The highest BCUT2D eigenvalue weighted by molar-refractivity contribution is 6.76. The van der Waals surface area contributed by atoms with Gasteiger partial charge in [-0.3, -0.25) is 9.36 Å². The second-order valence-electron chi connectivity index (χ2n) is 11.2. The minimum atomic E-state index is -1.33. The molecule has 0 saturated heterocycles. The number of hydrogen-bond donors (Lipinski definition) is 1. The Kier molecular flexibility index (Phi) is 7.95. The number of nitrogens with zero attached hydrogens (tertiary/aromatic N) is 2. The van der Waals surface area contributed by atoms with E-state index in [4.69, 9.17) is 9.47 Å². The lowest BCUT2D eigenvalue weighted by molar-refractivity contribution is 0.0546. The quantitative estimate of drug-likeness (QED) is 0.301. The second kappa shape index (κ2) is 10.4. The molecule has 0 spiro atoms. The minimum Gasteiger partial charge on any atom is -0.478 e. The molecule has 2 heterocycles. The Morgan fingerprint density at radius 1 is 1.08 bits per heavy atom. The number of carboxylic acid groups (broad SMARTS) is 1. The average molecular weight is 513 g/mol. The van der Waals surface area contributed by atoms with Crippen LogP contribution >= 0.6 is 0 Å². The summed E-state index contributed by atoms with van der Waals surface area (Å²) in [6.07, 6.45) is 1.44. The number of carbonyl (C=O) groups excluding carboxylic acids is 1. The third kappa shape index (κ3) is 6.53. The fourth-order valence-electron chi connectivity index (χ4n) is 3.76. The van der Waals surface area contributed by atoms with Crippen molar-refractivity contribution in [2.75, 3.05) is 6.61 Å². The van der Waals surface area contributed by atoms with Crippen molar-refractivity contribution in [1.29, 1.82) is 0 Å². The Bertz CT molecular complexity index is 1340. The van der Waals surface area contributed by atoms with Crippen molar-refractivity contribution in [3.63, 3.8) is 0 Å². The smallest absolute Gasteiger partial charge is 0.419 e. The van der Waals surface area contributed by atoms with Crippen LogP contribution in [0.3, 0.4) is 0 Å². The molecule has 0 saturated carbocycles. The van der Waals surface area contributed by atoms with Gasteiger partial charge in [-0.1, -0.05) is 32.6 Å². The molecule has 2 aromatic heterocycles. The number of rotatable bonds is 8. The number of ether oxygens (including phenoxy) is 2. The molecule has 0 aliphatic heterocycles. The van der Waals surface area contributed by atoms with Crippen LogP contribution in [0.15, 0.2) is 41.3 Å². The molecule has 194 valence electrons. The molecule has 3 rings (SSSR count). The lowest BCUT2D eigenvalue weighted by Crippen LogP contribution is -2.29. The van der Waals surface area contributed by atoms with Crippen LogP contribution < -0.4 is 5.56 Å². The first kappa shape index (κ1) is 27.4. The van der Waals surface area contributed by atoms with E-state index >= 15 is 0 Å². The Balaban J connectivity index is 2.18. The summed E-state index contributed by atoms with van der Waals surface area (Å²) < 4.78 is 14.0. The number of fused-ring (bicyclic) bond motifs is 1. The van der Waals surface area contributed by atoms with Gasteiger partial charge in [-0.05, 0) is 63.1 Å². The molecule has 1 N–H and O–H groups in total. The number of aryl methyl sites for hydroxylation is 1. The van der Waals surface area contributed by atoms with Crippen LogP contribution in [0.1, 0.15) is 43.6 Å². The molecule has 8 nitrogen and oxygen atoms in total. The predicted octanol–water partition coefficient (Wildman–Crippen LogP) is 5.83. The van der Waals surface area contributed by atoms with Crippen LogP contribution in [0.2, 0.25) is 25.7 Å². The summed E-state index contributed by atoms with van der Waals surface area (Å²) in [7, 11) is -1.33. The first-order valence-corrected chi connectivity index (χ1v) is 15.8. The third-order valence-corrected chi connectivity index (χ3v) is 7.39. The van der Waals surface area contributed by atoms with E-state index in [1.807, 2.05) is 25.1 Å². The Morgan fingerprint density at radius 3 is 2.36 bits per heavy atom. The normalized spacial score (nSPS) is 12.2. The molecule has 0 radical (unpaired) electrons. The molecule has 0 atom stereocenters. The van der Waals surface area contributed by atoms with Crippen molar-refractivity contribution in [2.24, 2.45) is 0 Å². The summed E-state index contributed by atoms with van der Waals surface area (Å²) in [6, 6.07) is 9.65. The number of aromatic nitrogens is 2. The van der Waals surface area contributed by atoms with E-state index in [-0.39, 0.29) is 23.6 Å². The van der Waals surface area contributed by atoms with Gasteiger partial charge in [0.25, 0.3) is 5.56 Å². The van der Waals surface area contributed by atoms with Gasteiger partial charge >= 0.3 is 12.1 Å². The van der Waals surface area contributed by atoms with Crippen LogP contribution in [0.25, 0.3) is 22.2 Å². The molecule has 0 aliphatic carbocycles. The van der Waals surface area contributed by atoms with Gasteiger partial charge in [-0.2, -0.15) is 0 Å². The van der Waals surface area contributed by atoms with Crippen LogP contribution in [0.4, 0.5) is 4.79 Å². The van der Waals surface area contributed by atoms with Gasteiger partial charge in [0.05, 0.1) is 22.3 Å². The van der Waals surface area contributed by atoms with E-state index in [0.29, 0.717) is 12.1 Å². The molecular weight excluding hydrogens is 476 g/mol. The van der Waals surface area contributed by atoms with Gasteiger partial charge in [0.15, 0.2) is 0 Å². The van der Waals surface area contributed by atoms with Crippen molar-refractivity contribution in [3.8, 4) is 11.3 Å². The fraction of sp³-hybridized carbons (Fsp3) is 0.444. The number of carbonyl (C=O) groups is 2. The summed E-state index contributed by atoms with van der Waals surface area (Å²) in [4.78, 5) is 38.7. The maximum Gasteiger partial charge on any atom is 0.419 e. The lowest BCUT2D eigenvalue weighted by atomic mass is 10.1. The monoisotopic (exact) mass is 512 g/mol. The highest BCUT2D eigenvalue weighted by Crippen LogP contribution is 2.29. The first-order chi connectivity index (χ1) is 16.7. The van der Waals surface area contributed by atoms with E-state index in [1.165, 1.54) is 21.4 Å². The average Bonchev–Trinajstić information content (AvgIpc) is 3.14.